The Bertz CT molecular complexity index is 484. The van der Waals surface area contributed by atoms with E-state index in [1.807, 2.05) is 7.05 Å². The van der Waals surface area contributed by atoms with Crippen LogP contribution in [0.3, 0.4) is 0 Å². The van der Waals surface area contributed by atoms with Gasteiger partial charge in [-0.05, 0) is 45.8 Å². The van der Waals surface area contributed by atoms with E-state index in [1.165, 1.54) is 20.8 Å². The van der Waals surface area contributed by atoms with Crippen molar-refractivity contribution in [2.24, 2.45) is 0 Å². The Kier molecular flexibility index (Phi) is 29.5. The highest BCUT2D eigenvalue weighted by molar-refractivity contribution is 7.59. The van der Waals surface area contributed by atoms with E-state index in [9.17, 15) is 14.4 Å². The van der Waals surface area contributed by atoms with E-state index >= 15 is 0 Å². The molecule has 0 aromatic rings. The van der Waals surface area contributed by atoms with E-state index in [0.29, 0.717) is 26.1 Å². The molecule has 0 aliphatic carbocycles. The molecular formula is C22H49N3O5S2. The molecule has 0 heterocycles. The van der Waals surface area contributed by atoms with Gasteiger partial charge in [0.25, 0.3) is 0 Å². The summed E-state index contributed by atoms with van der Waals surface area (Å²) in [6.07, 6.45) is 5.36. The lowest BCUT2D eigenvalue weighted by molar-refractivity contribution is -0.148. The zero-order valence-corrected chi connectivity index (χ0v) is 21.9. The van der Waals surface area contributed by atoms with Gasteiger partial charge < -0.3 is 25.0 Å². The van der Waals surface area contributed by atoms with Gasteiger partial charge in [0.05, 0.1) is 0 Å². The quantitative estimate of drug-likeness (QED) is 0.235. The van der Waals surface area contributed by atoms with Gasteiger partial charge in [-0.1, -0.05) is 20.8 Å². The number of ether oxygens (including phenoxy) is 2. The summed E-state index contributed by atoms with van der Waals surface area (Å²) in [4.78, 5) is 35.6. The minimum atomic E-state index is -0.305. The highest BCUT2D eigenvalue weighted by Crippen LogP contribution is 2.05. The lowest BCUT2D eigenvalue weighted by atomic mass is 10.1. The molecule has 0 radical (unpaired) electrons. The van der Waals surface area contributed by atoms with Crippen molar-refractivity contribution < 1.29 is 23.9 Å². The van der Waals surface area contributed by atoms with Crippen LogP contribution in [0.15, 0.2) is 0 Å². The molecule has 0 aliphatic heterocycles. The second kappa shape index (κ2) is 24.7. The molecule has 2 N–H and O–H groups in total. The smallest absolute Gasteiger partial charge is 0.302 e. The van der Waals surface area contributed by atoms with Crippen LogP contribution in [0.2, 0.25) is 0 Å². The van der Waals surface area contributed by atoms with Crippen molar-refractivity contribution >= 4 is 44.8 Å². The first-order valence-electron chi connectivity index (χ1n) is 10.7. The molecule has 0 aromatic heterocycles. The number of rotatable bonds is 17. The fraction of sp³-hybridized carbons (Fsp3) is 0.864. The van der Waals surface area contributed by atoms with Crippen LogP contribution in [0, 0.1) is 0 Å². The molecule has 0 unspecified atom stereocenters. The molecule has 2 atom stereocenters. The van der Waals surface area contributed by atoms with Gasteiger partial charge in [-0.25, -0.2) is 0 Å². The van der Waals surface area contributed by atoms with Crippen molar-refractivity contribution in [1.82, 2.24) is 15.5 Å². The van der Waals surface area contributed by atoms with E-state index in [4.69, 9.17) is 9.47 Å². The third kappa shape index (κ3) is 25.3. The lowest BCUT2D eigenvalue weighted by Crippen LogP contribution is -2.36. The fourth-order valence-corrected chi connectivity index (χ4v) is 3.03. The molecule has 8 nitrogen and oxygen atoms in total. The molecule has 10 heteroatoms. The Morgan fingerprint density at radius 3 is 2.00 bits per heavy atom. The highest BCUT2D eigenvalue weighted by Gasteiger charge is 2.15. The molecule has 0 spiro atoms. The Balaban J connectivity index is -0.00000131. The van der Waals surface area contributed by atoms with Gasteiger partial charge in [-0.15, -0.1) is 0 Å². The minimum absolute atomic E-state index is 0. The standard InChI is InChI=1S/C21H41N3O5.CH4.2H2S/c1-6-7-10-20(28-18(3)26)15-22-12-8-9-14-24(5)16-21(29-19(4)27)11-13-23-17(2)25;;;/h20-22H,6-16H2,1-5H3,(H,23,25);1H4;2*1H2/t20-,21-;;;/m0.../s1. The number of nitrogens with zero attached hydrogens (tertiary/aromatic N) is 1. The predicted octanol–water partition coefficient (Wildman–Crippen LogP) is 2.73. The molecule has 0 saturated carbocycles. The zero-order valence-electron chi connectivity index (χ0n) is 19.9. The van der Waals surface area contributed by atoms with Crippen molar-refractivity contribution in [3.05, 3.63) is 0 Å². The average Bonchev–Trinajstić information content (AvgIpc) is 2.60. The largest absolute Gasteiger partial charge is 0.461 e. The van der Waals surface area contributed by atoms with Gasteiger partial charge in [-0.2, -0.15) is 27.0 Å². The molecule has 194 valence electrons. The maximum absolute atomic E-state index is 11.3. The van der Waals surface area contributed by atoms with Crippen molar-refractivity contribution in [2.75, 3.05) is 39.8 Å². The van der Waals surface area contributed by atoms with E-state index in [0.717, 1.165) is 45.2 Å². The van der Waals surface area contributed by atoms with E-state index < -0.39 is 0 Å². The summed E-state index contributed by atoms with van der Waals surface area (Å²) < 4.78 is 10.7. The lowest BCUT2D eigenvalue weighted by Gasteiger charge is -2.24. The highest BCUT2D eigenvalue weighted by atomic mass is 32.1. The van der Waals surface area contributed by atoms with Crippen molar-refractivity contribution in [1.29, 1.82) is 0 Å². The number of hydrogen-bond donors (Lipinski definition) is 2. The summed E-state index contributed by atoms with van der Waals surface area (Å²) in [6, 6.07) is 0. The summed E-state index contributed by atoms with van der Waals surface area (Å²) in [6.45, 7) is 10.0. The molecule has 0 aliphatic rings. The average molecular weight is 500 g/mol. The monoisotopic (exact) mass is 499 g/mol. The normalized spacial score (nSPS) is 11.8. The van der Waals surface area contributed by atoms with Crippen LogP contribution in [0.1, 0.15) is 73.6 Å². The van der Waals surface area contributed by atoms with Crippen LogP contribution in [0.5, 0.6) is 0 Å². The van der Waals surface area contributed by atoms with E-state index in [1.54, 1.807) is 0 Å². The van der Waals surface area contributed by atoms with Crippen LogP contribution in [-0.4, -0.2) is 74.7 Å². The molecule has 0 saturated heterocycles. The number of carbonyl (C=O) groups excluding carboxylic acids is 3. The third-order valence-corrected chi connectivity index (χ3v) is 4.42. The predicted molar refractivity (Wildman–Crippen MR) is 141 cm³/mol. The van der Waals surface area contributed by atoms with Crippen LogP contribution in [-0.2, 0) is 23.9 Å². The molecule has 0 fully saturated rings. The number of unbranched alkanes of at least 4 members (excludes halogenated alkanes) is 2. The molecule has 32 heavy (non-hydrogen) atoms. The van der Waals surface area contributed by atoms with E-state index in [-0.39, 0.29) is 64.5 Å². The molecule has 0 bridgehead atoms. The number of carbonyl (C=O) groups is 3. The van der Waals surface area contributed by atoms with Crippen molar-refractivity contribution in [3.8, 4) is 0 Å². The Labute approximate surface area is 209 Å². The zero-order chi connectivity index (χ0) is 22.1. The van der Waals surface area contributed by atoms with Crippen LogP contribution < -0.4 is 10.6 Å². The topological polar surface area (TPSA) is 97.0 Å². The number of nitrogens with one attached hydrogen (secondary N) is 2. The first kappa shape index (κ1) is 38.3. The molecule has 0 aromatic carbocycles. The summed E-state index contributed by atoms with van der Waals surface area (Å²) in [5, 5.41) is 6.11. The summed E-state index contributed by atoms with van der Waals surface area (Å²) in [5.41, 5.74) is 0. The molecule has 1 amide bonds. The van der Waals surface area contributed by atoms with Crippen LogP contribution in [0.25, 0.3) is 0 Å². The second-order valence-corrected chi connectivity index (χ2v) is 7.55. The first-order valence-corrected chi connectivity index (χ1v) is 10.7. The van der Waals surface area contributed by atoms with E-state index in [2.05, 4.69) is 22.5 Å². The summed E-state index contributed by atoms with van der Waals surface area (Å²) >= 11 is 0. The Morgan fingerprint density at radius 2 is 1.47 bits per heavy atom. The van der Waals surface area contributed by atoms with Gasteiger partial charge in [0.2, 0.25) is 5.91 Å². The first-order chi connectivity index (χ1) is 13.7. The molecular weight excluding hydrogens is 450 g/mol. The summed E-state index contributed by atoms with van der Waals surface area (Å²) in [5.74, 6) is -0.616. The molecule has 0 rings (SSSR count). The van der Waals surface area contributed by atoms with Gasteiger partial charge in [0.1, 0.15) is 12.2 Å². The number of hydrogen-bond acceptors (Lipinski definition) is 7. The van der Waals surface area contributed by atoms with Gasteiger partial charge in [0, 0.05) is 46.8 Å². The SMILES string of the molecule is C.CCCC[C@@H](CNCCCCN(C)C[C@H](CCNC(C)=O)OC(C)=O)OC(C)=O.S.S. The van der Waals surface area contributed by atoms with Gasteiger partial charge in [0.15, 0.2) is 0 Å². The second-order valence-electron chi connectivity index (χ2n) is 7.55. The maximum atomic E-state index is 11.3. The Morgan fingerprint density at radius 1 is 0.875 bits per heavy atom. The van der Waals surface area contributed by atoms with Gasteiger partial charge >= 0.3 is 11.9 Å². The number of likely N-dealkylation sites (N-methyl/N-ethyl adjacent to an activating group) is 1. The number of esters is 2. The van der Waals surface area contributed by atoms with Gasteiger partial charge in [-0.3, -0.25) is 14.4 Å². The van der Waals surface area contributed by atoms with Crippen LogP contribution in [0.4, 0.5) is 0 Å². The Hall–Kier alpha value is -0.970. The summed E-state index contributed by atoms with van der Waals surface area (Å²) in [7, 11) is 2.00. The van der Waals surface area contributed by atoms with Crippen LogP contribution >= 0.6 is 27.0 Å². The minimum Gasteiger partial charge on any atom is -0.461 e. The number of amides is 1. The third-order valence-electron chi connectivity index (χ3n) is 4.42. The maximum Gasteiger partial charge on any atom is 0.302 e. The van der Waals surface area contributed by atoms with Crippen molar-refractivity contribution in [3.63, 3.8) is 0 Å². The fourth-order valence-electron chi connectivity index (χ4n) is 3.03. The van der Waals surface area contributed by atoms with Crippen molar-refractivity contribution in [2.45, 2.75) is 85.9 Å².